The minimum atomic E-state index is -4.47. The fourth-order valence-electron chi connectivity index (χ4n) is 2.60. The Morgan fingerprint density at radius 2 is 2.17 bits per heavy atom. The van der Waals surface area contributed by atoms with Gasteiger partial charge < -0.3 is 10.0 Å². The van der Waals surface area contributed by atoms with Crippen LogP contribution in [0.1, 0.15) is 28.9 Å². The van der Waals surface area contributed by atoms with E-state index in [-0.39, 0.29) is 30.1 Å². The molecule has 1 aliphatic heterocycles. The molecule has 0 unspecified atom stereocenters. The van der Waals surface area contributed by atoms with Gasteiger partial charge in [0, 0.05) is 12.7 Å². The summed E-state index contributed by atoms with van der Waals surface area (Å²) >= 11 is 0. The third-order valence-electron chi connectivity index (χ3n) is 3.87. The van der Waals surface area contributed by atoms with Gasteiger partial charge in [0.25, 0.3) is 5.91 Å². The molecule has 1 aliphatic rings. The van der Waals surface area contributed by atoms with Crippen molar-refractivity contribution in [3.8, 4) is 5.82 Å². The van der Waals surface area contributed by atoms with E-state index < -0.39 is 11.7 Å². The summed E-state index contributed by atoms with van der Waals surface area (Å²) in [5, 5.41) is 16.8. The van der Waals surface area contributed by atoms with Gasteiger partial charge in [0.05, 0.1) is 24.4 Å². The van der Waals surface area contributed by atoms with Gasteiger partial charge in [0.15, 0.2) is 11.5 Å². The van der Waals surface area contributed by atoms with Crippen molar-refractivity contribution in [3.05, 3.63) is 35.8 Å². The number of pyridine rings is 1. The summed E-state index contributed by atoms with van der Waals surface area (Å²) in [6.45, 7) is 0.399. The zero-order chi connectivity index (χ0) is 17.3. The van der Waals surface area contributed by atoms with Crippen LogP contribution in [0, 0.1) is 0 Å². The molecule has 2 aromatic rings. The zero-order valence-corrected chi connectivity index (χ0v) is 12.4. The standard InChI is InChI=1S/C14H14F3N5O2/c15-14(16,17)9-3-4-12(18-6-9)22-7-11(19-20-22)13(24)21-5-1-2-10(21)8-23/h3-4,6-7,10,23H,1-2,5,8H2/t10-/m1/s1. The first-order valence-corrected chi connectivity index (χ1v) is 7.28. The zero-order valence-electron chi connectivity index (χ0n) is 12.4. The molecule has 0 spiro atoms. The minimum Gasteiger partial charge on any atom is -0.394 e. The third kappa shape index (κ3) is 3.09. The third-order valence-corrected chi connectivity index (χ3v) is 3.87. The molecule has 1 saturated heterocycles. The Kier molecular flexibility index (Phi) is 4.22. The Labute approximate surface area is 134 Å². The summed E-state index contributed by atoms with van der Waals surface area (Å²) in [6, 6.07) is 1.79. The molecule has 1 amide bonds. The lowest BCUT2D eigenvalue weighted by Crippen LogP contribution is -2.37. The van der Waals surface area contributed by atoms with E-state index in [0.29, 0.717) is 12.7 Å². The molecule has 3 rings (SSSR count). The van der Waals surface area contributed by atoms with Crippen LogP contribution in [0.5, 0.6) is 0 Å². The molecule has 1 atom stereocenters. The quantitative estimate of drug-likeness (QED) is 0.909. The van der Waals surface area contributed by atoms with Gasteiger partial charge in [0.1, 0.15) is 0 Å². The van der Waals surface area contributed by atoms with Crippen LogP contribution < -0.4 is 0 Å². The molecular formula is C14H14F3N5O2. The van der Waals surface area contributed by atoms with E-state index in [9.17, 15) is 23.1 Å². The van der Waals surface area contributed by atoms with E-state index in [1.165, 1.54) is 11.1 Å². The predicted octanol–water partition coefficient (Wildman–Crippen LogP) is 1.28. The number of carbonyl (C=O) groups is 1. The number of halogens is 3. The molecule has 1 N–H and O–H groups in total. The monoisotopic (exact) mass is 341 g/mol. The second-order valence-corrected chi connectivity index (χ2v) is 5.43. The van der Waals surface area contributed by atoms with Gasteiger partial charge >= 0.3 is 6.18 Å². The van der Waals surface area contributed by atoms with Gasteiger partial charge in [-0.05, 0) is 25.0 Å². The lowest BCUT2D eigenvalue weighted by Gasteiger charge is -2.21. The first kappa shape index (κ1) is 16.4. The number of aromatic nitrogens is 4. The first-order valence-electron chi connectivity index (χ1n) is 7.28. The fourth-order valence-corrected chi connectivity index (χ4v) is 2.60. The van der Waals surface area contributed by atoms with Gasteiger partial charge in [-0.3, -0.25) is 4.79 Å². The summed E-state index contributed by atoms with van der Waals surface area (Å²) < 4.78 is 38.7. The number of hydrogen-bond acceptors (Lipinski definition) is 5. The molecule has 1 fully saturated rings. The molecule has 2 aromatic heterocycles. The number of carbonyl (C=O) groups excluding carboxylic acids is 1. The molecule has 128 valence electrons. The summed E-state index contributed by atoms with van der Waals surface area (Å²) in [7, 11) is 0. The van der Waals surface area contributed by atoms with Gasteiger partial charge in [-0.25, -0.2) is 9.67 Å². The number of hydrogen-bond donors (Lipinski definition) is 1. The van der Waals surface area contributed by atoms with Crippen molar-refractivity contribution in [1.82, 2.24) is 24.9 Å². The highest BCUT2D eigenvalue weighted by Crippen LogP contribution is 2.28. The normalized spacial score (nSPS) is 18.2. The highest BCUT2D eigenvalue weighted by atomic mass is 19.4. The molecule has 24 heavy (non-hydrogen) atoms. The van der Waals surface area contributed by atoms with E-state index in [2.05, 4.69) is 15.3 Å². The van der Waals surface area contributed by atoms with Crippen LogP contribution in [0.2, 0.25) is 0 Å². The van der Waals surface area contributed by atoms with Crippen LogP contribution in [0.4, 0.5) is 13.2 Å². The minimum absolute atomic E-state index is 0.0528. The van der Waals surface area contributed by atoms with Crippen LogP contribution in [-0.4, -0.2) is 55.1 Å². The maximum absolute atomic E-state index is 12.5. The Hall–Kier alpha value is -2.49. The van der Waals surface area contributed by atoms with Crippen LogP contribution in [0.3, 0.4) is 0 Å². The number of alkyl halides is 3. The van der Waals surface area contributed by atoms with Crippen LogP contribution in [0.25, 0.3) is 5.82 Å². The highest BCUT2D eigenvalue weighted by molar-refractivity contribution is 5.92. The molecule has 3 heterocycles. The maximum Gasteiger partial charge on any atom is 0.417 e. The Balaban J connectivity index is 1.79. The van der Waals surface area contributed by atoms with Crippen molar-refractivity contribution in [2.45, 2.75) is 25.1 Å². The molecule has 0 radical (unpaired) electrons. The molecule has 0 saturated carbocycles. The Morgan fingerprint density at radius 3 is 2.79 bits per heavy atom. The number of likely N-dealkylation sites (tertiary alicyclic amines) is 1. The van der Waals surface area contributed by atoms with E-state index in [1.807, 2.05) is 0 Å². The van der Waals surface area contributed by atoms with Gasteiger partial charge in [-0.15, -0.1) is 5.10 Å². The largest absolute Gasteiger partial charge is 0.417 e. The lowest BCUT2D eigenvalue weighted by atomic mass is 10.2. The lowest BCUT2D eigenvalue weighted by molar-refractivity contribution is -0.137. The van der Waals surface area contributed by atoms with Crippen molar-refractivity contribution in [1.29, 1.82) is 0 Å². The van der Waals surface area contributed by atoms with Crippen molar-refractivity contribution >= 4 is 5.91 Å². The van der Waals surface area contributed by atoms with E-state index in [0.717, 1.165) is 29.7 Å². The topological polar surface area (TPSA) is 84.1 Å². The summed E-state index contributed by atoms with van der Waals surface area (Å²) in [5.74, 6) is -0.251. The Bertz CT molecular complexity index is 729. The number of rotatable bonds is 3. The molecule has 0 bridgehead atoms. The number of amides is 1. The van der Waals surface area contributed by atoms with Crippen molar-refractivity contribution in [2.75, 3.05) is 13.2 Å². The van der Waals surface area contributed by atoms with E-state index in [4.69, 9.17) is 0 Å². The maximum atomic E-state index is 12.5. The average molecular weight is 341 g/mol. The molecule has 7 nitrogen and oxygen atoms in total. The summed E-state index contributed by atoms with van der Waals surface area (Å²) in [4.78, 5) is 17.6. The fraction of sp³-hybridized carbons (Fsp3) is 0.429. The summed E-state index contributed by atoms with van der Waals surface area (Å²) in [6.07, 6.45) is -0.946. The van der Waals surface area contributed by atoms with Crippen LogP contribution in [-0.2, 0) is 6.18 Å². The average Bonchev–Trinajstić information content (AvgIpc) is 3.22. The van der Waals surface area contributed by atoms with Crippen LogP contribution >= 0.6 is 0 Å². The second-order valence-electron chi connectivity index (χ2n) is 5.43. The second kappa shape index (κ2) is 6.19. The number of nitrogens with zero attached hydrogens (tertiary/aromatic N) is 5. The van der Waals surface area contributed by atoms with E-state index in [1.54, 1.807) is 0 Å². The van der Waals surface area contributed by atoms with Crippen molar-refractivity contribution in [2.24, 2.45) is 0 Å². The van der Waals surface area contributed by atoms with Gasteiger partial charge in [-0.1, -0.05) is 5.21 Å². The molecular weight excluding hydrogens is 327 g/mol. The van der Waals surface area contributed by atoms with Crippen LogP contribution in [0.15, 0.2) is 24.5 Å². The molecule has 0 aromatic carbocycles. The SMILES string of the molecule is O=C(c1cn(-c2ccc(C(F)(F)F)cn2)nn1)N1CCC[C@@H]1CO. The van der Waals surface area contributed by atoms with Crippen molar-refractivity contribution in [3.63, 3.8) is 0 Å². The predicted molar refractivity (Wildman–Crippen MR) is 75.3 cm³/mol. The van der Waals surface area contributed by atoms with Crippen molar-refractivity contribution < 1.29 is 23.1 Å². The van der Waals surface area contributed by atoms with E-state index >= 15 is 0 Å². The Morgan fingerprint density at radius 1 is 1.38 bits per heavy atom. The molecule has 10 heteroatoms. The number of aliphatic hydroxyl groups excluding tert-OH is 1. The van der Waals surface area contributed by atoms with Gasteiger partial charge in [0.2, 0.25) is 0 Å². The van der Waals surface area contributed by atoms with Gasteiger partial charge in [-0.2, -0.15) is 13.2 Å². The molecule has 0 aliphatic carbocycles. The smallest absolute Gasteiger partial charge is 0.394 e. The number of aliphatic hydroxyl groups is 1. The summed E-state index contributed by atoms with van der Waals surface area (Å²) in [5.41, 5.74) is -0.817. The first-order chi connectivity index (χ1) is 11.4. The highest BCUT2D eigenvalue weighted by Gasteiger charge is 2.32.